The Bertz CT molecular complexity index is 176. The van der Waals surface area contributed by atoms with E-state index in [9.17, 15) is 4.79 Å². The molecule has 0 saturated carbocycles. The van der Waals surface area contributed by atoms with Crippen molar-refractivity contribution in [2.24, 2.45) is 11.8 Å². The predicted octanol–water partition coefficient (Wildman–Crippen LogP) is 1.29. The molecule has 1 heterocycles. The lowest BCUT2D eigenvalue weighted by Gasteiger charge is -2.11. The molecule has 0 aromatic rings. The molecule has 1 rings (SSSR count). The van der Waals surface area contributed by atoms with Gasteiger partial charge in [0.15, 0.2) is 0 Å². The van der Waals surface area contributed by atoms with Gasteiger partial charge in [-0.2, -0.15) is 0 Å². The van der Waals surface area contributed by atoms with Crippen LogP contribution in [0.1, 0.15) is 13.8 Å². The van der Waals surface area contributed by atoms with Crippen LogP contribution in [0.25, 0.3) is 0 Å². The first-order valence-electron chi connectivity index (χ1n) is 4.03. The molecule has 0 bridgehead atoms. The van der Waals surface area contributed by atoms with Gasteiger partial charge in [-0.15, -0.1) is 6.58 Å². The van der Waals surface area contributed by atoms with Crippen LogP contribution in [0.4, 0.5) is 0 Å². The number of amides is 1. The molecule has 1 aliphatic rings. The van der Waals surface area contributed by atoms with Gasteiger partial charge >= 0.3 is 0 Å². The highest BCUT2D eigenvalue weighted by molar-refractivity contribution is 5.73. The molecule has 0 unspecified atom stereocenters. The number of hydrogen-bond acceptors (Lipinski definition) is 1. The zero-order chi connectivity index (χ0) is 8.43. The molecule has 2 heteroatoms. The first-order chi connectivity index (χ1) is 5.15. The van der Waals surface area contributed by atoms with E-state index in [-0.39, 0.29) is 5.91 Å². The van der Waals surface area contributed by atoms with Crippen molar-refractivity contribution in [2.75, 3.05) is 13.1 Å². The molecule has 0 N–H and O–H groups in total. The highest BCUT2D eigenvalue weighted by Crippen LogP contribution is 2.23. The summed E-state index contributed by atoms with van der Waals surface area (Å²) >= 11 is 0. The topological polar surface area (TPSA) is 20.3 Å². The highest BCUT2D eigenvalue weighted by Gasteiger charge is 2.28. The summed E-state index contributed by atoms with van der Waals surface area (Å²) < 4.78 is 0. The van der Waals surface area contributed by atoms with Crippen LogP contribution in [0, 0.1) is 11.8 Å². The van der Waals surface area contributed by atoms with Crippen molar-refractivity contribution >= 4 is 5.91 Å². The maximum atomic E-state index is 10.9. The Hall–Kier alpha value is -0.790. The van der Waals surface area contributed by atoms with Crippen molar-refractivity contribution in [1.82, 2.24) is 4.90 Å². The molecule has 2 atom stereocenters. The Morgan fingerprint density at radius 3 is 2.55 bits per heavy atom. The molecule has 1 fully saturated rings. The molecule has 1 saturated heterocycles. The standard InChI is InChI=1S/C9H15NO/c1-4-9-6-10(8(3)11)5-7(9)2/h4,7,9H,1,5-6H2,2-3H3/t7-,9-/m0/s1. The fraction of sp³-hybridized carbons (Fsp3) is 0.667. The molecule has 0 spiro atoms. The minimum absolute atomic E-state index is 0.182. The number of hydrogen-bond donors (Lipinski definition) is 0. The van der Waals surface area contributed by atoms with Crippen LogP contribution in [0.3, 0.4) is 0 Å². The minimum Gasteiger partial charge on any atom is -0.342 e. The van der Waals surface area contributed by atoms with Crippen molar-refractivity contribution in [3.05, 3.63) is 12.7 Å². The Kier molecular flexibility index (Phi) is 2.32. The lowest BCUT2D eigenvalue weighted by atomic mass is 9.99. The highest BCUT2D eigenvalue weighted by atomic mass is 16.2. The van der Waals surface area contributed by atoms with Crippen molar-refractivity contribution < 1.29 is 4.79 Å². The molecule has 1 amide bonds. The van der Waals surface area contributed by atoms with Gasteiger partial charge in [-0.1, -0.05) is 13.0 Å². The normalized spacial score (nSPS) is 30.5. The molecule has 2 nitrogen and oxygen atoms in total. The SMILES string of the molecule is C=C[C@H]1CN(C(C)=O)C[C@@H]1C. The van der Waals surface area contributed by atoms with Crippen LogP contribution in [0.15, 0.2) is 12.7 Å². The van der Waals surface area contributed by atoms with E-state index in [0.29, 0.717) is 11.8 Å². The molecule has 0 aromatic carbocycles. The maximum Gasteiger partial charge on any atom is 0.219 e. The average molecular weight is 153 g/mol. The molecular weight excluding hydrogens is 138 g/mol. The Balaban J connectivity index is 2.56. The Morgan fingerprint density at radius 1 is 1.64 bits per heavy atom. The second-order valence-electron chi connectivity index (χ2n) is 3.30. The number of nitrogens with zero attached hydrogens (tertiary/aromatic N) is 1. The van der Waals surface area contributed by atoms with Crippen LogP contribution < -0.4 is 0 Å². The fourth-order valence-corrected chi connectivity index (χ4v) is 1.56. The van der Waals surface area contributed by atoms with Crippen LogP contribution in [0.2, 0.25) is 0 Å². The molecule has 0 radical (unpaired) electrons. The van der Waals surface area contributed by atoms with Crippen molar-refractivity contribution in [3.63, 3.8) is 0 Å². The summed E-state index contributed by atoms with van der Waals surface area (Å²) in [5, 5.41) is 0. The van der Waals surface area contributed by atoms with Crippen molar-refractivity contribution in [3.8, 4) is 0 Å². The van der Waals surface area contributed by atoms with E-state index >= 15 is 0 Å². The minimum atomic E-state index is 0.182. The zero-order valence-electron chi connectivity index (χ0n) is 7.21. The fourth-order valence-electron chi connectivity index (χ4n) is 1.56. The maximum absolute atomic E-state index is 10.9. The largest absolute Gasteiger partial charge is 0.342 e. The van der Waals surface area contributed by atoms with E-state index in [2.05, 4.69) is 13.5 Å². The molecule has 0 aromatic heterocycles. The van der Waals surface area contributed by atoms with Crippen LogP contribution in [-0.2, 0) is 4.79 Å². The Labute approximate surface area is 67.9 Å². The van der Waals surface area contributed by atoms with Gasteiger partial charge < -0.3 is 4.90 Å². The van der Waals surface area contributed by atoms with E-state index in [1.165, 1.54) is 0 Å². The summed E-state index contributed by atoms with van der Waals surface area (Å²) in [6.07, 6.45) is 1.95. The quantitative estimate of drug-likeness (QED) is 0.520. The van der Waals surface area contributed by atoms with E-state index < -0.39 is 0 Å². The summed E-state index contributed by atoms with van der Waals surface area (Å²) in [6.45, 7) is 9.29. The third-order valence-corrected chi connectivity index (χ3v) is 2.42. The summed E-state index contributed by atoms with van der Waals surface area (Å²) in [7, 11) is 0. The molecule has 0 aliphatic carbocycles. The van der Waals surface area contributed by atoms with Gasteiger partial charge in [-0.25, -0.2) is 0 Å². The van der Waals surface area contributed by atoms with E-state index in [4.69, 9.17) is 0 Å². The van der Waals surface area contributed by atoms with E-state index in [1.54, 1.807) is 6.92 Å². The number of likely N-dealkylation sites (tertiary alicyclic amines) is 1. The van der Waals surface area contributed by atoms with Gasteiger partial charge in [0.05, 0.1) is 0 Å². The predicted molar refractivity (Wildman–Crippen MR) is 45.1 cm³/mol. The molecular formula is C9H15NO. The first-order valence-corrected chi connectivity index (χ1v) is 4.03. The third-order valence-electron chi connectivity index (χ3n) is 2.42. The average Bonchev–Trinajstić information content (AvgIpc) is 2.31. The molecule has 1 aliphatic heterocycles. The summed E-state index contributed by atoms with van der Waals surface area (Å²) in [6, 6.07) is 0. The smallest absolute Gasteiger partial charge is 0.219 e. The molecule has 62 valence electrons. The lowest BCUT2D eigenvalue weighted by molar-refractivity contribution is -0.127. The van der Waals surface area contributed by atoms with E-state index in [1.807, 2.05) is 11.0 Å². The monoisotopic (exact) mass is 153 g/mol. The number of carbonyl (C=O) groups excluding carboxylic acids is 1. The van der Waals surface area contributed by atoms with Crippen LogP contribution >= 0.6 is 0 Å². The molecule has 11 heavy (non-hydrogen) atoms. The number of rotatable bonds is 1. The van der Waals surface area contributed by atoms with Gasteiger partial charge in [0, 0.05) is 20.0 Å². The second kappa shape index (κ2) is 3.07. The van der Waals surface area contributed by atoms with Gasteiger partial charge in [-0.3, -0.25) is 4.79 Å². The van der Waals surface area contributed by atoms with Crippen LogP contribution in [0.5, 0.6) is 0 Å². The third kappa shape index (κ3) is 1.62. The van der Waals surface area contributed by atoms with Crippen LogP contribution in [-0.4, -0.2) is 23.9 Å². The van der Waals surface area contributed by atoms with Gasteiger partial charge in [0.25, 0.3) is 0 Å². The van der Waals surface area contributed by atoms with Gasteiger partial charge in [-0.05, 0) is 11.8 Å². The second-order valence-corrected chi connectivity index (χ2v) is 3.30. The summed E-state index contributed by atoms with van der Waals surface area (Å²) in [4.78, 5) is 12.8. The van der Waals surface area contributed by atoms with Gasteiger partial charge in [0.2, 0.25) is 5.91 Å². The van der Waals surface area contributed by atoms with Crippen molar-refractivity contribution in [2.45, 2.75) is 13.8 Å². The lowest BCUT2D eigenvalue weighted by Crippen LogP contribution is -2.25. The van der Waals surface area contributed by atoms with Crippen molar-refractivity contribution in [1.29, 1.82) is 0 Å². The first kappa shape index (κ1) is 8.31. The summed E-state index contributed by atoms with van der Waals surface area (Å²) in [5.41, 5.74) is 0. The Morgan fingerprint density at radius 2 is 2.27 bits per heavy atom. The zero-order valence-corrected chi connectivity index (χ0v) is 7.21. The van der Waals surface area contributed by atoms with Gasteiger partial charge in [0.1, 0.15) is 0 Å². The summed E-state index contributed by atoms with van der Waals surface area (Å²) in [5.74, 6) is 1.26. The van der Waals surface area contributed by atoms with E-state index in [0.717, 1.165) is 13.1 Å². The number of carbonyl (C=O) groups is 1.